The van der Waals surface area contributed by atoms with Gasteiger partial charge in [-0.25, -0.2) is 4.98 Å². The molecule has 2 aromatic carbocycles. The van der Waals surface area contributed by atoms with Crippen molar-refractivity contribution in [3.05, 3.63) is 54.4 Å². The number of hydrogen-bond acceptors (Lipinski definition) is 4. The second-order valence-corrected chi connectivity index (χ2v) is 6.35. The summed E-state index contributed by atoms with van der Waals surface area (Å²) in [6.07, 6.45) is 2.60. The summed E-state index contributed by atoms with van der Waals surface area (Å²) in [4.78, 5) is 15.5. The van der Waals surface area contributed by atoms with Crippen LogP contribution in [0.3, 0.4) is 0 Å². The Balaban J connectivity index is 1.58. The zero-order chi connectivity index (χ0) is 19.1. The molecule has 6 nitrogen and oxygen atoms in total. The molecule has 1 amide bonds. The maximum absolute atomic E-state index is 10.8. The molecule has 0 aliphatic heterocycles. The van der Waals surface area contributed by atoms with E-state index < -0.39 is 0 Å². The number of nitrogens with zero attached hydrogens (tertiary/aromatic N) is 2. The summed E-state index contributed by atoms with van der Waals surface area (Å²) in [6, 6.07) is 15.5. The number of nitrogens with one attached hydrogen (secondary N) is 1. The van der Waals surface area contributed by atoms with E-state index in [9.17, 15) is 4.79 Å². The highest BCUT2D eigenvalue weighted by molar-refractivity contribution is 5.76. The van der Waals surface area contributed by atoms with Crippen LogP contribution in [0.2, 0.25) is 0 Å². The van der Waals surface area contributed by atoms with Crippen LogP contribution in [0.25, 0.3) is 11.0 Å². The van der Waals surface area contributed by atoms with Crippen LogP contribution in [-0.4, -0.2) is 29.7 Å². The van der Waals surface area contributed by atoms with Crippen molar-refractivity contribution in [2.75, 3.05) is 13.7 Å². The van der Waals surface area contributed by atoms with E-state index in [2.05, 4.69) is 16.0 Å². The van der Waals surface area contributed by atoms with Crippen molar-refractivity contribution in [2.45, 2.75) is 32.4 Å². The van der Waals surface area contributed by atoms with Crippen LogP contribution >= 0.6 is 0 Å². The number of aryl methyl sites for hydroxylation is 1. The van der Waals surface area contributed by atoms with Crippen molar-refractivity contribution in [3.8, 4) is 11.5 Å². The zero-order valence-corrected chi connectivity index (χ0v) is 15.7. The summed E-state index contributed by atoms with van der Waals surface area (Å²) in [5, 5.41) is 2.80. The first-order valence-corrected chi connectivity index (χ1v) is 9.14. The summed E-state index contributed by atoms with van der Waals surface area (Å²) < 4.78 is 13.1. The topological polar surface area (TPSA) is 65.4 Å². The van der Waals surface area contributed by atoms with Crippen LogP contribution < -0.4 is 14.8 Å². The van der Waals surface area contributed by atoms with Gasteiger partial charge in [-0.1, -0.05) is 12.1 Å². The monoisotopic (exact) mass is 367 g/mol. The summed E-state index contributed by atoms with van der Waals surface area (Å²) >= 11 is 0. The lowest BCUT2D eigenvalue weighted by atomic mass is 10.2. The Kier molecular flexibility index (Phi) is 6.30. The molecule has 1 heterocycles. The van der Waals surface area contributed by atoms with Crippen LogP contribution in [0, 0.1) is 0 Å². The molecule has 0 saturated carbocycles. The normalized spacial score (nSPS) is 11.9. The molecule has 1 atom stereocenters. The lowest BCUT2D eigenvalue weighted by molar-refractivity contribution is -0.110. The lowest BCUT2D eigenvalue weighted by Crippen LogP contribution is -2.20. The van der Waals surface area contributed by atoms with Crippen LogP contribution in [0.15, 0.2) is 48.5 Å². The largest absolute Gasteiger partial charge is 0.497 e. The standard InChI is InChI=1S/C21H25N3O3/c1-16(22-15-25)21-23-19-7-3-4-8-20(19)24(21)13-5-6-14-27-18-11-9-17(26-2)10-12-18/h3-4,7-12,15-16H,5-6,13-14H2,1-2H3,(H,22,25). The zero-order valence-electron chi connectivity index (χ0n) is 15.7. The molecule has 0 saturated heterocycles. The molecular formula is C21H25N3O3. The van der Waals surface area contributed by atoms with Gasteiger partial charge in [0, 0.05) is 6.54 Å². The van der Waals surface area contributed by atoms with Gasteiger partial charge in [0.2, 0.25) is 6.41 Å². The molecule has 0 spiro atoms. The van der Waals surface area contributed by atoms with Gasteiger partial charge < -0.3 is 19.4 Å². The number of methoxy groups -OCH3 is 1. The Morgan fingerprint density at radius 2 is 1.85 bits per heavy atom. The number of carbonyl (C=O) groups is 1. The number of unbranched alkanes of at least 4 members (excludes halogenated alkanes) is 1. The van der Waals surface area contributed by atoms with E-state index in [1.807, 2.05) is 49.4 Å². The number of carbonyl (C=O) groups excluding carboxylic acids is 1. The third kappa shape index (κ3) is 4.58. The molecular weight excluding hydrogens is 342 g/mol. The minimum Gasteiger partial charge on any atom is -0.497 e. The fraction of sp³-hybridized carbons (Fsp3) is 0.333. The highest BCUT2D eigenvalue weighted by atomic mass is 16.5. The maximum Gasteiger partial charge on any atom is 0.207 e. The molecule has 6 heteroatoms. The molecule has 0 fully saturated rings. The molecule has 0 bridgehead atoms. The van der Waals surface area contributed by atoms with E-state index >= 15 is 0 Å². The second kappa shape index (κ2) is 9.07. The van der Waals surface area contributed by atoms with Gasteiger partial charge in [0.05, 0.1) is 30.8 Å². The second-order valence-electron chi connectivity index (χ2n) is 6.35. The highest BCUT2D eigenvalue weighted by Gasteiger charge is 2.15. The first kappa shape index (κ1) is 18.8. The third-order valence-electron chi connectivity index (χ3n) is 4.49. The average Bonchev–Trinajstić information content (AvgIpc) is 3.07. The Hall–Kier alpha value is -3.02. The van der Waals surface area contributed by atoms with Gasteiger partial charge >= 0.3 is 0 Å². The predicted molar refractivity (Wildman–Crippen MR) is 105 cm³/mol. The van der Waals surface area contributed by atoms with Crippen LogP contribution in [0.1, 0.15) is 31.6 Å². The van der Waals surface area contributed by atoms with Crippen molar-refractivity contribution >= 4 is 17.4 Å². The van der Waals surface area contributed by atoms with Gasteiger partial charge in [-0.15, -0.1) is 0 Å². The lowest BCUT2D eigenvalue weighted by Gasteiger charge is -2.14. The molecule has 1 aromatic heterocycles. The van der Waals surface area contributed by atoms with E-state index in [4.69, 9.17) is 14.5 Å². The number of rotatable bonds is 10. The highest BCUT2D eigenvalue weighted by Crippen LogP contribution is 2.22. The van der Waals surface area contributed by atoms with Crippen molar-refractivity contribution in [3.63, 3.8) is 0 Å². The molecule has 142 valence electrons. The number of amides is 1. The number of para-hydroxylation sites is 2. The summed E-state index contributed by atoms with van der Waals surface area (Å²) in [6.45, 7) is 3.42. The van der Waals surface area contributed by atoms with Crippen LogP contribution in [0.4, 0.5) is 0 Å². The Morgan fingerprint density at radius 1 is 1.11 bits per heavy atom. The quantitative estimate of drug-likeness (QED) is 0.438. The number of fused-ring (bicyclic) bond motifs is 1. The molecule has 3 rings (SSSR count). The van der Waals surface area contributed by atoms with Gasteiger partial charge in [-0.05, 0) is 56.2 Å². The first-order chi connectivity index (χ1) is 13.2. The molecule has 27 heavy (non-hydrogen) atoms. The fourth-order valence-electron chi connectivity index (χ4n) is 3.07. The minimum atomic E-state index is -0.134. The first-order valence-electron chi connectivity index (χ1n) is 9.14. The molecule has 0 aliphatic carbocycles. The van der Waals surface area contributed by atoms with E-state index in [1.165, 1.54) is 0 Å². The Bertz CT molecular complexity index is 874. The summed E-state index contributed by atoms with van der Waals surface area (Å²) in [5.74, 6) is 2.53. The van der Waals surface area contributed by atoms with E-state index in [0.29, 0.717) is 6.61 Å². The molecule has 1 unspecified atom stereocenters. The number of ether oxygens (including phenoxy) is 2. The maximum atomic E-state index is 10.8. The van der Waals surface area contributed by atoms with Crippen molar-refractivity contribution < 1.29 is 14.3 Å². The van der Waals surface area contributed by atoms with Crippen molar-refractivity contribution in [2.24, 2.45) is 0 Å². The van der Waals surface area contributed by atoms with Crippen LogP contribution in [0.5, 0.6) is 11.5 Å². The minimum absolute atomic E-state index is 0.134. The third-order valence-corrected chi connectivity index (χ3v) is 4.49. The van der Waals surface area contributed by atoms with Crippen molar-refractivity contribution in [1.82, 2.24) is 14.9 Å². The van der Waals surface area contributed by atoms with Gasteiger partial charge in [0.15, 0.2) is 0 Å². The van der Waals surface area contributed by atoms with Gasteiger partial charge in [-0.3, -0.25) is 4.79 Å². The summed E-state index contributed by atoms with van der Waals surface area (Å²) in [5.41, 5.74) is 2.03. The van der Waals surface area contributed by atoms with E-state index in [1.54, 1.807) is 7.11 Å². The number of imidazole rings is 1. The van der Waals surface area contributed by atoms with Gasteiger partial charge in [0.25, 0.3) is 0 Å². The summed E-state index contributed by atoms with van der Waals surface area (Å²) in [7, 11) is 1.65. The van der Waals surface area contributed by atoms with E-state index in [-0.39, 0.29) is 6.04 Å². The van der Waals surface area contributed by atoms with Gasteiger partial charge in [0.1, 0.15) is 17.3 Å². The van der Waals surface area contributed by atoms with Crippen LogP contribution in [-0.2, 0) is 11.3 Å². The molecule has 1 N–H and O–H groups in total. The number of aromatic nitrogens is 2. The molecule has 0 radical (unpaired) electrons. The molecule has 3 aromatic rings. The van der Waals surface area contributed by atoms with E-state index in [0.717, 1.165) is 54.2 Å². The number of benzene rings is 2. The van der Waals surface area contributed by atoms with Crippen molar-refractivity contribution in [1.29, 1.82) is 0 Å². The average molecular weight is 367 g/mol. The van der Waals surface area contributed by atoms with Gasteiger partial charge in [-0.2, -0.15) is 0 Å². The predicted octanol–water partition coefficient (Wildman–Crippen LogP) is 3.71. The SMILES string of the molecule is COc1ccc(OCCCCn2c(C(C)NC=O)nc3ccccc32)cc1. The Morgan fingerprint density at radius 3 is 2.59 bits per heavy atom. The molecule has 0 aliphatic rings. The number of hydrogen-bond donors (Lipinski definition) is 1. The fourth-order valence-corrected chi connectivity index (χ4v) is 3.07. The Labute approximate surface area is 159 Å². The smallest absolute Gasteiger partial charge is 0.207 e.